The van der Waals surface area contributed by atoms with Crippen LogP contribution in [0.3, 0.4) is 0 Å². The van der Waals surface area contributed by atoms with Gasteiger partial charge < -0.3 is 11.1 Å². The minimum Gasteiger partial charge on any atom is -0.356 e. The number of nitrogens with one attached hydrogen (secondary N) is 1. The topological polar surface area (TPSA) is 55.1 Å². The highest BCUT2D eigenvalue weighted by atomic mass is 16.1. The van der Waals surface area contributed by atoms with Crippen molar-refractivity contribution < 1.29 is 4.79 Å². The fourth-order valence-electron chi connectivity index (χ4n) is 1.96. The summed E-state index contributed by atoms with van der Waals surface area (Å²) in [6, 6.07) is 0. The second kappa shape index (κ2) is 5.22. The van der Waals surface area contributed by atoms with E-state index < -0.39 is 0 Å². The van der Waals surface area contributed by atoms with Crippen LogP contribution in [-0.4, -0.2) is 19.0 Å². The molecule has 0 atom stereocenters. The standard InChI is InChI=1S/C10H20N2O/c1-8(13)12-7-10-4-2-9(6-11)3-5-10/h9-10H,2-7,11H2,1H3,(H,12,13). The summed E-state index contributed by atoms with van der Waals surface area (Å²) >= 11 is 0. The van der Waals surface area contributed by atoms with Crippen molar-refractivity contribution in [2.24, 2.45) is 17.6 Å². The van der Waals surface area contributed by atoms with Gasteiger partial charge in [-0.25, -0.2) is 0 Å². The van der Waals surface area contributed by atoms with Gasteiger partial charge in [-0.3, -0.25) is 4.79 Å². The molecule has 3 nitrogen and oxygen atoms in total. The van der Waals surface area contributed by atoms with Crippen LogP contribution < -0.4 is 11.1 Å². The summed E-state index contributed by atoms with van der Waals surface area (Å²) in [6.45, 7) is 3.25. The predicted octanol–water partition coefficient (Wildman–Crippen LogP) is 0.888. The molecule has 0 aliphatic heterocycles. The van der Waals surface area contributed by atoms with Gasteiger partial charge in [0.1, 0.15) is 0 Å². The predicted molar refractivity (Wildman–Crippen MR) is 53.2 cm³/mol. The maximum Gasteiger partial charge on any atom is 0.216 e. The Bertz CT molecular complexity index is 162. The molecule has 0 aromatic rings. The Morgan fingerprint density at radius 2 is 1.85 bits per heavy atom. The van der Waals surface area contributed by atoms with Crippen LogP contribution in [0.1, 0.15) is 32.6 Å². The Labute approximate surface area is 80.1 Å². The third-order valence-electron chi connectivity index (χ3n) is 2.94. The monoisotopic (exact) mass is 184 g/mol. The number of rotatable bonds is 3. The lowest BCUT2D eigenvalue weighted by Crippen LogP contribution is -2.30. The number of hydrogen-bond acceptors (Lipinski definition) is 2. The lowest BCUT2D eigenvalue weighted by Gasteiger charge is -2.27. The molecular formula is C10H20N2O. The highest BCUT2D eigenvalue weighted by molar-refractivity contribution is 5.72. The van der Waals surface area contributed by atoms with Crippen molar-refractivity contribution in [1.29, 1.82) is 0 Å². The van der Waals surface area contributed by atoms with E-state index in [4.69, 9.17) is 5.73 Å². The minimum atomic E-state index is 0.0842. The molecule has 0 unspecified atom stereocenters. The van der Waals surface area contributed by atoms with Gasteiger partial charge in [0.25, 0.3) is 0 Å². The zero-order valence-corrected chi connectivity index (χ0v) is 8.38. The van der Waals surface area contributed by atoms with Crippen molar-refractivity contribution in [2.75, 3.05) is 13.1 Å². The Hall–Kier alpha value is -0.570. The van der Waals surface area contributed by atoms with E-state index in [-0.39, 0.29) is 5.91 Å². The largest absolute Gasteiger partial charge is 0.356 e. The summed E-state index contributed by atoms with van der Waals surface area (Å²) < 4.78 is 0. The zero-order valence-electron chi connectivity index (χ0n) is 8.38. The van der Waals surface area contributed by atoms with Gasteiger partial charge in [-0.1, -0.05) is 0 Å². The van der Waals surface area contributed by atoms with Crippen molar-refractivity contribution >= 4 is 5.91 Å². The Morgan fingerprint density at radius 3 is 2.31 bits per heavy atom. The lowest BCUT2D eigenvalue weighted by atomic mass is 9.82. The lowest BCUT2D eigenvalue weighted by molar-refractivity contribution is -0.119. The summed E-state index contributed by atoms with van der Waals surface area (Å²) in [4.78, 5) is 10.7. The van der Waals surface area contributed by atoms with Crippen molar-refractivity contribution in [3.63, 3.8) is 0 Å². The van der Waals surface area contributed by atoms with Crippen LogP contribution in [0.4, 0.5) is 0 Å². The molecule has 0 radical (unpaired) electrons. The number of carbonyl (C=O) groups is 1. The van der Waals surface area contributed by atoms with Crippen LogP contribution in [0.15, 0.2) is 0 Å². The molecule has 0 heterocycles. The molecule has 1 saturated carbocycles. The van der Waals surface area contributed by atoms with Crippen molar-refractivity contribution in [2.45, 2.75) is 32.6 Å². The second-order valence-corrected chi connectivity index (χ2v) is 4.06. The van der Waals surface area contributed by atoms with E-state index in [1.165, 1.54) is 25.7 Å². The number of nitrogens with two attached hydrogens (primary N) is 1. The van der Waals surface area contributed by atoms with Gasteiger partial charge >= 0.3 is 0 Å². The number of amides is 1. The molecule has 0 bridgehead atoms. The van der Waals surface area contributed by atoms with Crippen molar-refractivity contribution in [1.82, 2.24) is 5.32 Å². The maximum absolute atomic E-state index is 10.7. The SMILES string of the molecule is CC(=O)NCC1CCC(CN)CC1. The summed E-state index contributed by atoms with van der Waals surface area (Å²) in [6.07, 6.45) is 4.92. The summed E-state index contributed by atoms with van der Waals surface area (Å²) in [5.74, 6) is 1.50. The van der Waals surface area contributed by atoms with Gasteiger partial charge in [-0.05, 0) is 44.1 Å². The van der Waals surface area contributed by atoms with E-state index >= 15 is 0 Å². The van der Waals surface area contributed by atoms with Crippen LogP contribution in [0.25, 0.3) is 0 Å². The van der Waals surface area contributed by atoms with Gasteiger partial charge in [0, 0.05) is 13.5 Å². The smallest absolute Gasteiger partial charge is 0.216 e. The Kier molecular flexibility index (Phi) is 4.22. The average Bonchev–Trinajstić information content (AvgIpc) is 2.15. The molecule has 3 heteroatoms. The number of hydrogen-bond donors (Lipinski definition) is 2. The molecule has 0 saturated heterocycles. The first kappa shape index (κ1) is 10.5. The molecule has 13 heavy (non-hydrogen) atoms. The van der Waals surface area contributed by atoms with Crippen LogP contribution in [-0.2, 0) is 4.79 Å². The van der Waals surface area contributed by atoms with Crippen LogP contribution in [0, 0.1) is 11.8 Å². The quantitative estimate of drug-likeness (QED) is 0.684. The van der Waals surface area contributed by atoms with E-state index in [0.29, 0.717) is 5.92 Å². The van der Waals surface area contributed by atoms with Gasteiger partial charge in [-0.2, -0.15) is 0 Å². The van der Waals surface area contributed by atoms with Crippen LogP contribution in [0.2, 0.25) is 0 Å². The molecule has 3 N–H and O–H groups in total. The third kappa shape index (κ3) is 3.77. The van der Waals surface area contributed by atoms with Gasteiger partial charge in [0.05, 0.1) is 0 Å². The molecule has 1 fully saturated rings. The first-order valence-corrected chi connectivity index (χ1v) is 5.17. The molecular weight excluding hydrogens is 164 g/mol. The van der Waals surface area contributed by atoms with E-state index in [9.17, 15) is 4.79 Å². The fraction of sp³-hybridized carbons (Fsp3) is 0.900. The highest BCUT2D eigenvalue weighted by Crippen LogP contribution is 2.27. The van der Waals surface area contributed by atoms with Gasteiger partial charge in [0.15, 0.2) is 0 Å². The zero-order chi connectivity index (χ0) is 9.68. The minimum absolute atomic E-state index is 0.0842. The fourth-order valence-corrected chi connectivity index (χ4v) is 1.96. The summed E-state index contributed by atoms with van der Waals surface area (Å²) in [5.41, 5.74) is 5.60. The molecule has 0 aromatic heterocycles. The average molecular weight is 184 g/mol. The van der Waals surface area contributed by atoms with Gasteiger partial charge in [-0.15, -0.1) is 0 Å². The molecule has 1 aliphatic rings. The number of carbonyl (C=O) groups excluding carboxylic acids is 1. The second-order valence-electron chi connectivity index (χ2n) is 4.06. The molecule has 1 rings (SSSR count). The van der Waals surface area contributed by atoms with E-state index in [1.54, 1.807) is 6.92 Å². The molecule has 0 spiro atoms. The molecule has 76 valence electrons. The Morgan fingerprint density at radius 1 is 1.31 bits per heavy atom. The summed E-state index contributed by atoms with van der Waals surface area (Å²) in [5, 5.41) is 2.88. The molecule has 0 aromatic carbocycles. The van der Waals surface area contributed by atoms with Gasteiger partial charge in [0.2, 0.25) is 5.91 Å². The van der Waals surface area contributed by atoms with Crippen molar-refractivity contribution in [3.05, 3.63) is 0 Å². The van der Waals surface area contributed by atoms with Crippen LogP contribution in [0.5, 0.6) is 0 Å². The van der Waals surface area contributed by atoms with E-state index in [0.717, 1.165) is 19.0 Å². The maximum atomic E-state index is 10.7. The Balaban J connectivity index is 2.14. The van der Waals surface area contributed by atoms with E-state index in [1.807, 2.05) is 0 Å². The first-order valence-electron chi connectivity index (χ1n) is 5.17. The normalized spacial score (nSPS) is 28.5. The summed E-state index contributed by atoms with van der Waals surface area (Å²) in [7, 11) is 0. The van der Waals surface area contributed by atoms with E-state index in [2.05, 4.69) is 5.32 Å². The van der Waals surface area contributed by atoms with Crippen molar-refractivity contribution in [3.8, 4) is 0 Å². The molecule has 1 aliphatic carbocycles. The van der Waals surface area contributed by atoms with Crippen LogP contribution >= 0.6 is 0 Å². The third-order valence-corrected chi connectivity index (χ3v) is 2.94. The molecule has 1 amide bonds. The highest BCUT2D eigenvalue weighted by Gasteiger charge is 2.19. The first-order chi connectivity index (χ1) is 6.22.